The van der Waals surface area contributed by atoms with E-state index in [0.717, 1.165) is 88.0 Å². The van der Waals surface area contributed by atoms with Gasteiger partial charge in [0.25, 0.3) is 17.7 Å². The number of nitrogens with zero attached hydrogens (tertiary/aromatic N) is 9. The van der Waals surface area contributed by atoms with Crippen LogP contribution in [-0.4, -0.2) is 148 Å². The Balaban J connectivity index is 0.000000168. The van der Waals surface area contributed by atoms with Crippen molar-refractivity contribution in [1.29, 1.82) is 0 Å². The van der Waals surface area contributed by atoms with Gasteiger partial charge in [-0.3, -0.25) is 14.4 Å². The summed E-state index contributed by atoms with van der Waals surface area (Å²) in [7, 11) is 4.33. The van der Waals surface area contributed by atoms with Crippen LogP contribution in [0.15, 0.2) is 165 Å². The van der Waals surface area contributed by atoms with E-state index in [4.69, 9.17) is 31.5 Å². The third-order valence-corrected chi connectivity index (χ3v) is 15.7. The molecular formula is C69H70ClF9N18O6. The summed E-state index contributed by atoms with van der Waals surface area (Å²) in [4.78, 5) is 66.6. The molecule has 6 aromatic heterocycles. The Morgan fingerprint density at radius 1 is 0.379 bits per heavy atom. The number of anilines is 14. The van der Waals surface area contributed by atoms with E-state index in [1.54, 1.807) is 67.1 Å². The third-order valence-electron chi connectivity index (χ3n) is 15.5. The van der Waals surface area contributed by atoms with Crippen LogP contribution in [0.2, 0.25) is 5.15 Å². The maximum atomic E-state index is 13.7. The summed E-state index contributed by atoms with van der Waals surface area (Å²) in [5.74, 6) is 0.497. The summed E-state index contributed by atoms with van der Waals surface area (Å²) in [5, 5.41) is 21.2. The lowest BCUT2D eigenvalue weighted by Gasteiger charge is -2.28. The average Bonchev–Trinajstić information content (AvgIpc) is 0.804. The van der Waals surface area contributed by atoms with Crippen LogP contribution in [0.25, 0.3) is 0 Å². The summed E-state index contributed by atoms with van der Waals surface area (Å²) in [6, 6.07) is 33.4. The number of nitrogens with two attached hydrogens (primary N) is 1. The highest BCUT2D eigenvalue weighted by molar-refractivity contribution is 6.29. The summed E-state index contributed by atoms with van der Waals surface area (Å²) < 4.78 is 137. The number of para-hydroxylation sites is 3. The minimum atomic E-state index is -4.64. The molecule has 0 atom stereocenters. The molecule has 24 nitrogen and oxygen atoms in total. The van der Waals surface area contributed by atoms with Crippen LogP contribution in [-0.2, 0) is 32.7 Å². The molecule has 0 saturated carbocycles. The molecule has 3 aliphatic heterocycles. The maximum Gasteiger partial charge on any atom is 0.419 e. The first-order chi connectivity index (χ1) is 49.4. The van der Waals surface area contributed by atoms with Gasteiger partial charge in [0, 0.05) is 91.1 Å². The van der Waals surface area contributed by atoms with Gasteiger partial charge in [-0.1, -0.05) is 48.0 Å². The Labute approximate surface area is 590 Å². The number of rotatable bonds is 16. The molecule has 103 heavy (non-hydrogen) atoms. The van der Waals surface area contributed by atoms with Crippen LogP contribution in [0.3, 0.4) is 0 Å². The highest BCUT2D eigenvalue weighted by atomic mass is 35.5. The van der Waals surface area contributed by atoms with Crippen molar-refractivity contribution in [2.75, 3.05) is 147 Å². The van der Waals surface area contributed by atoms with Gasteiger partial charge in [0.05, 0.1) is 143 Å². The normalized spacial score (nSPS) is 13.8. The Kier molecular flexibility index (Phi) is 26.0. The van der Waals surface area contributed by atoms with Crippen molar-refractivity contribution >= 4 is 110 Å². The lowest BCUT2D eigenvalue weighted by atomic mass is 10.1. The van der Waals surface area contributed by atoms with Crippen LogP contribution >= 0.6 is 11.6 Å². The summed E-state index contributed by atoms with van der Waals surface area (Å²) >= 11 is 5.67. The lowest BCUT2D eigenvalue weighted by molar-refractivity contribution is -0.138. The standard InChI is InChI=1S/2C23H23F3N6O2.C14H11ClF3N3O.C9H13N3O/c2*1-27-22(33)16-4-2-3-5-18(16)30-19-12-21(29-14-17(19)23(24,25)26)31-20-7-6-15(13-28-20)32-8-10-34-11-9-32;1-19-13(22)8-4-2-3-5-10(8)21-11-6-12(15)20-7-9(11)14(16,17)18;10-9-2-1-8(7-11-9)12-3-5-13-6-4-12/h2*2-7,12-14H,8-11H2,1H3,(H,27,33)(H2,28,29,30,31);2-7H,1H3,(H,19,22)(H,20,21);1-2,7H,3-6H2,(H2,10,11). The monoisotopic (exact) mass is 1450 g/mol. The topological polar surface area (TPSA) is 288 Å². The van der Waals surface area contributed by atoms with Gasteiger partial charge < -0.3 is 77.2 Å². The predicted octanol–water partition coefficient (Wildman–Crippen LogP) is 12.7. The fourth-order valence-electron chi connectivity index (χ4n) is 10.3. The largest absolute Gasteiger partial charge is 0.419 e. The van der Waals surface area contributed by atoms with E-state index in [2.05, 4.69) is 87.1 Å². The molecule has 9 heterocycles. The second-order valence-corrected chi connectivity index (χ2v) is 22.7. The molecule has 3 amide bonds. The van der Waals surface area contributed by atoms with E-state index in [1.807, 2.05) is 24.3 Å². The summed E-state index contributed by atoms with van der Waals surface area (Å²) in [5.41, 5.74) is 6.18. The molecule has 3 fully saturated rings. The number of ether oxygens (including phenoxy) is 3. The highest BCUT2D eigenvalue weighted by Crippen LogP contribution is 2.41. The molecule has 10 N–H and O–H groups in total. The smallest absolute Gasteiger partial charge is 0.384 e. The van der Waals surface area contributed by atoms with Crippen molar-refractivity contribution in [2.45, 2.75) is 18.5 Å². The van der Waals surface area contributed by atoms with Crippen molar-refractivity contribution in [3.8, 4) is 0 Å². The number of hydrogen-bond acceptors (Lipinski definition) is 21. The number of carbonyl (C=O) groups is 3. The van der Waals surface area contributed by atoms with Crippen LogP contribution in [0.4, 0.5) is 120 Å². The molecule has 3 aromatic carbocycles. The van der Waals surface area contributed by atoms with Crippen molar-refractivity contribution in [3.05, 3.63) is 203 Å². The molecule has 0 spiro atoms. The first-order valence-electron chi connectivity index (χ1n) is 31.7. The van der Waals surface area contributed by atoms with Crippen LogP contribution in [0.5, 0.6) is 0 Å². The lowest BCUT2D eigenvalue weighted by Crippen LogP contribution is -2.36. The zero-order valence-electron chi connectivity index (χ0n) is 55.4. The number of hydrogen-bond donors (Lipinski definition) is 9. The Morgan fingerprint density at radius 2 is 0.680 bits per heavy atom. The number of aromatic nitrogens is 6. The fourth-order valence-corrected chi connectivity index (χ4v) is 10.4. The minimum Gasteiger partial charge on any atom is -0.384 e. The summed E-state index contributed by atoms with van der Waals surface area (Å²) in [6.07, 6.45) is -6.56. The maximum absolute atomic E-state index is 13.7. The number of benzene rings is 3. The van der Waals surface area contributed by atoms with E-state index in [1.165, 1.54) is 69.7 Å². The van der Waals surface area contributed by atoms with Gasteiger partial charge in [-0.2, -0.15) is 39.5 Å². The molecule has 542 valence electrons. The molecule has 0 unspecified atom stereocenters. The first kappa shape index (κ1) is 75.9. The van der Waals surface area contributed by atoms with E-state index >= 15 is 0 Å². The van der Waals surface area contributed by atoms with Gasteiger partial charge in [-0.05, 0) is 78.9 Å². The van der Waals surface area contributed by atoms with Crippen molar-refractivity contribution < 1.29 is 68.1 Å². The van der Waals surface area contributed by atoms with Crippen LogP contribution in [0.1, 0.15) is 47.8 Å². The van der Waals surface area contributed by atoms with Crippen molar-refractivity contribution in [3.63, 3.8) is 0 Å². The number of amides is 3. The zero-order chi connectivity index (χ0) is 73.7. The van der Waals surface area contributed by atoms with Gasteiger partial charge in [-0.15, -0.1) is 0 Å². The highest BCUT2D eigenvalue weighted by Gasteiger charge is 2.37. The van der Waals surface area contributed by atoms with Gasteiger partial charge in [-0.25, -0.2) is 29.9 Å². The molecule has 3 aliphatic rings. The number of carbonyl (C=O) groups excluding carboxylic acids is 3. The van der Waals surface area contributed by atoms with Crippen LogP contribution in [0, 0.1) is 0 Å². The van der Waals surface area contributed by atoms with Gasteiger partial charge in [0.2, 0.25) is 0 Å². The van der Waals surface area contributed by atoms with Crippen molar-refractivity contribution in [2.24, 2.45) is 0 Å². The second-order valence-electron chi connectivity index (χ2n) is 22.3. The molecule has 34 heteroatoms. The SMILES string of the molecule is CNC(=O)c1ccccc1Nc1cc(Cl)ncc1C(F)(F)F.CNC(=O)c1ccccc1Nc1cc(Nc2ccc(N3CCOCC3)cn2)ncc1C(F)(F)F.CNC(=O)c1ccccc1Nc1cc(Nc2ccc(N3CCOCC3)cn2)ncc1C(F)(F)F.Nc1ccc(N2CCOCC2)cn1. The minimum absolute atomic E-state index is 0.0899. The van der Waals surface area contributed by atoms with Gasteiger partial charge in [0.15, 0.2) is 0 Å². The number of nitrogen functional groups attached to an aromatic ring is 1. The Hall–Kier alpha value is -11.3. The molecule has 3 saturated heterocycles. The van der Waals surface area contributed by atoms with E-state index in [-0.39, 0.29) is 67.6 Å². The average molecular weight is 1450 g/mol. The van der Waals surface area contributed by atoms with E-state index < -0.39 is 52.9 Å². The molecular weight excluding hydrogens is 1380 g/mol. The molecule has 0 aliphatic carbocycles. The molecule has 0 bridgehead atoms. The van der Waals surface area contributed by atoms with E-state index in [9.17, 15) is 53.9 Å². The number of pyridine rings is 6. The Morgan fingerprint density at radius 3 is 0.981 bits per heavy atom. The zero-order valence-corrected chi connectivity index (χ0v) is 56.2. The number of nitrogens with one attached hydrogen (secondary N) is 8. The second kappa shape index (κ2) is 35.3. The van der Waals surface area contributed by atoms with Gasteiger partial charge >= 0.3 is 18.5 Å². The molecule has 9 aromatic rings. The molecule has 12 rings (SSSR count). The van der Waals surface area contributed by atoms with E-state index in [0.29, 0.717) is 50.1 Å². The Bertz CT molecular complexity index is 4120. The predicted molar refractivity (Wildman–Crippen MR) is 375 cm³/mol. The quantitative estimate of drug-likeness (QED) is 0.0321. The molecule has 0 radical (unpaired) electrons. The number of morpholine rings is 3. The fraction of sp³-hybridized carbons (Fsp3) is 0.261. The number of halogens is 10. The van der Waals surface area contributed by atoms with Crippen molar-refractivity contribution in [1.82, 2.24) is 45.9 Å². The van der Waals surface area contributed by atoms with Crippen LogP contribution < -0.4 is 63.0 Å². The summed E-state index contributed by atoms with van der Waals surface area (Å²) in [6.45, 7) is 9.11. The number of alkyl halides is 9. The van der Waals surface area contributed by atoms with Gasteiger partial charge in [0.1, 0.15) is 34.2 Å². The first-order valence-corrected chi connectivity index (χ1v) is 32.0. The third kappa shape index (κ3) is 21.4.